The molecular formula is C16H22N2O3. The summed E-state index contributed by atoms with van der Waals surface area (Å²) in [5.74, 6) is -0.980. The fraction of sp³-hybridized carbons (Fsp3) is 0.500. The van der Waals surface area contributed by atoms with E-state index < -0.39 is 12.0 Å². The molecule has 5 nitrogen and oxygen atoms in total. The van der Waals surface area contributed by atoms with Gasteiger partial charge in [0.15, 0.2) is 0 Å². The smallest absolute Gasteiger partial charge is 0.326 e. The van der Waals surface area contributed by atoms with Crippen LogP contribution in [0.2, 0.25) is 0 Å². The Labute approximate surface area is 125 Å². The number of amides is 2. The van der Waals surface area contributed by atoms with Crippen molar-refractivity contribution in [1.82, 2.24) is 5.32 Å². The number of carboxylic acid groups (broad SMARTS) is 1. The van der Waals surface area contributed by atoms with Crippen LogP contribution in [-0.2, 0) is 11.2 Å². The summed E-state index contributed by atoms with van der Waals surface area (Å²) in [6.07, 6.45) is 3.01. The predicted octanol–water partition coefficient (Wildman–Crippen LogP) is 2.71. The lowest BCUT2D eigenvalue weighted by molar-refractivity contribution is -0.139. The van der Waals surface area contributed by atoms with E-state index in [1.165, 1.54) is 5.56 Å². The van der Waals surface area contributed by atoms with Crippen LogP contribution < -0.4 is 10.2 Å². The third-order valence-corrected chi connectivity index (χ3v) is 3.77. The first-order valence-electron chi connectivity index (χ1n) is 7.43. The summed E-state index contributed by atoms with van der Waals surface area (Å²) in [5, 5.41) is 11.8. The number of hydrogen-bond acceptors (Lipinski definition) is 2. The van der Waals surface area contributed by atoms with Gasteiger partial charge in [0.2, 0.25) is 0 Å². The molecule has 2 N–H and O–H groups in total. The standard InChI is InChI=1S/C16H22N2O3/c1-3-5-13(15(19)20)17-16(21)18-9-4-6-12-10-11(2)7-8-14(12)18/h7-8,10,13H,3-6,9H2,1-2H3,(H,17,21)(H,19,20). The number of benzene rings is 1. The number of carboxylic acids is 1. The molecule has 1 atom stereocenters. The van der Waals surface area contributed by atoms with Crippen molar-refractivity contribution in [1.29, 1.82) is 0 Å². The van der Waals surface area contributed by atoms with Gasteiger partial charge in [-0.2, -0.15) is 0 Å². The molecule has 0 saturated carbocycles. The minimum Gasteiger partial charge on any atom is -0.480 e. The molecule has 2 rings (SSSR count). The zero-order valence-electron chi connectivity index (χ0n) is 12.6. The quantitative estimate of drug-likeness (QED) is 0.895. The monoisotopic (exact) mass is 290 g/mol. The molecule has 21 heavy (non-hydrogen) atoms. The number of fused-ring (bicyclic) bond motifs is 1. The highest BCUT2D eigenvalue weighted by Gasteiger charge is 2.26. The van der Waals surface area contributed by atoms with Gasteiger partial charge in [0.05, 0.1) is 0 Å². The van der Waals surface area contributed by atoms with Gasteiger partial charge in [-0.1, -0.05) is 31.0 Å². The number of aryl methyl sites for hydroxylation is 2. The maximum atomic E-state index is 12.4. The summed E-state index contributed by atoms with van der Waals surface area (Å²) in [5.41, 5.74) is 3.22. The van der Waals surface area contributed by atoms with E-state index in [9.17, 15) is 9.59 Å². The largest absolute Gasteiger partial charge is 0.480 e. The third kappa shape index (κ3) is 3.54. The Morgan fingerprint density at radius 3 is 2.86 bits per heavy atom. The Morgan fingerprint density at radius 1 is 1.43 bits per heavy atom. The normalized spacial score (nSPS) is 15.2. The highest BCUT2D eigenvalue weighted by molar-refractivity contribution is 5.95. The van der Waals surface area contributed by atoms with E-state index in [0.29, 0.717) is 19.4 Å². The van der Waals surface area contributed by atoms with Gasteiger partial charge < -0.3 is 10.4 Å². The van der Waals surface area contributed by atoms with Crippen molar-refractivity contribution < 1.29 is 14.7 Å². The number of carbonyl (C=O) groups is 2. The van der Waals surface area contributed by atoms with Crippen LogP contribution in [0.1, 0.15) is 37.3 Å². The van der Waals surface area contributed by atoms with Gasteiger partial charge in [0.1, 0.15) is 6.04 Å². The molecule has 0 aromatic heterocycles. The summed E-state index contributed by atoms with van der Waals surface area (Å²) < 4.78 is 0. The average molecular weight is 290 g/mol. The van der Waals surface area contributed by atoms with Crippen molar-refractivity contribution in [2.75, 3.05) is 11.4 Å². The molecular weight excluding hydrogens is 268 g/mol. The van der Waals surface area contributed by atoms with Crippen molar-refractivity contribution in [3.05, 3.63) is 29.3 Å². The predicted molar refractivity (Wildman–Crippen MR) is 81.7 cm³/mol. The number of anilines is 1. The van der Waals surface area contributed by atoms with Gasteiger partial charge in [-0.25, -0.2) is 9.59 Å². The van der Waals surface area contributed by atoms with E-state index in [2.05, 4.69) is 11.4 Å². The van der Waals surface area contributed by atoms with E-state index in [1.54, 1.807) is 4.90 Å². The topological polar surface area (TPSA) is 69.6 Å². The summed E-state index contributed by atoms with van der Waals surface area (Å²) in [4.78, 5) is 25.2. The molecule has 0 fully saturated rings. The lowest BCUT2D eigenvalue weighted by Crippen LogP contribution is -2.49. The number of carbonyl (C=O) groups excluding carboxylic acids is 1. The maximum Gasteiger partial charge on any atom is 0.326 e. The summed E-state index contributed by atoms with van der Waals surface area (Å²) in [6.45, 7) is 4.56. The zero-order chi connectivity index (χ0) is 15.4. The molecule has 0 saturated heterocycles. The fourth-order valence-electron chi connectivity index (χ4n) is 2.71. The average Bonchev–Trinajstić information content (AvgIpc) is 2.45. The van der Waals surface area contributed by atoms with E-state index in [-0.39, 0.29) is 6.03 Å². The number of hydrogen-bond donors (Lipinski definition) is 2. The molecule has 1 aliphatic rings. The fourth-order valence-corrected chi connectivity index (χ4v) is 2.71. The Morgan fingerprint density at radius 2 is 2.19 bits per heavy atom. The van der Waals surface area contributed by atoms with Crippen LogP contribution in [-0.4, -0.2) is 29.7 Å². The Hall–Kier alpha value is -2.04. The van der Waals surface area contributed by atoms with Crippen LogP contribution in [0.3, 0.4) is 0 Å². The summed E-state index contributed by atoms with van der Waals surface area (Å²) in [7, 11) is 0. The maximum absolute atomic E-state index is 12.4. The van der Waals surface area contributed by atoms with E-state index in [4.69, 9.17) is 5.11 Å². The van der Waals surface area contributed by atoms with E-state index >= 15 is 0 Å². The van der Waals surface area contributed by atoms with Crippen LogP contribution in [0.5, 0.6) is 0 Å². The number of nitrogens with one attached hydrogen (secondary N) is 1. The molecule has 5 heteroatoms. The molecule has 1 heterocycles. The second kappa shape index (κ2) is 6.61. The van der Waals surface area contributed by atoms with Gasteiger partial charge >= 0.3 is 12.0 Å². The number of nitrogens with zero attached hydrogens (tertiary/aromatic N) is 1. The summed E-state index contributed by atoms with van der Waals surface area (Å²) in [6, 6.07) is 4.87. The second-order valence-electron chi connectivity index (χ2n) is 5.52. The highest BCUT2D eigenvalue weighted by Crippen LogP contribution is 2.28. The van der Waals surface area contributed by atoms with E-state index in [1.807, 2.05) is 26.0 Å². The molecule has 0 radical (unpaired) electrons. The molecule has 1 aromatic rings. The number of urea groups is 1. The van der Waals surface area contributed by atoms with Crippen LogP contribution in [0, 0.1) is 6.92 Å². The van der Waals surface area contributed by atoms with Gasteiger partial charge in [-0.15, -0.1) is 0 Å². The van der Waals surface area contributed by atoms with Crippen LogP contribution in [0.15, 0.2) is 18.2 Å². The molecule has 1 unspecified atom stereocenters. The van der Waals surface area contributed by atoms with Crippen molar-refractivity contribution in [3.8, 4) is 0 Å². The molecule has 2 amide bonds. The SMILES string of the molecule is CCCC(NC(=O)N1CCCc2cc(C)ccc21)C(=O)O. The molecule has 1 aliphatic heterocycles. The minimum atomic E-state index is -0.980. The Bertz CT molecular complexity index is 542. The highest BCUT2D eigenvalue weighted by atomic mass is 16.4. The Balaban J connectivity index is 2.16. The molecule has 1 aromatic carbocycles. The molecule has 0 aliphatic carbocycles. The van der Waals surface area contributed by atoms with Crippen LogP contribution in [0.4, 0.5) is 10.5 Å². The van der Waals surface area contributed by atoms with Gasteiger partial charge in [-0.05, 0) is 37.8 Å². The number of aliphatic carboxylic acids is 1. The molecule has 114 valence electrons. The van der Waals surface area contributed by atoms with Gasteiger partial charge in [-0.3, -0.25) is 4.90 Å². The van der Waals surface area contributed by atoms with Crippen LogP contribution in [0.25, 0.3) is 0 Å². The minimum absolute atomic E-state index is 0.319. The van der Waals surface area contributed by atoms with Gasteiger partial charge in [0.25, 0.3) is 0 Å². The van der Waals surface area contributed by atoms with Crippen molar-refractivity contribution >= 4 is 17.7 Å². The zero-order valence-corrected chi connectivity index (χ0v) is 12.6. The first-order valence-corrected chi connectivity index (χ1v) is 7.43. The van der Waals surface area contributed by atoms with Crippen molar-refractivity contribution in [2.45, 2.75) is 45.6 Å². The molecule has 0 bridgehead atoms. The van der Waals surface area contributed by atoms with Crippen molar-refractivity contribution in [2.24, 2.45) is 0 Å². The lowest BCUT2D eigenvalue weighted by atomic mass is 10.00. The van der Waals surface area contributed by atoms with E-state index in [0.717, 1.165) is 24.1 Å². The first-order chi connectivity index (χ1) is 10.0. The Kier molecular flexibility index (Phi) is 4.83. The summed E-state index contributed by atoms with van der Waals surface area (Å²) >= 11 is 0. The van der Waals surface area contributed by atoms with Crippen molar-refractivity contribution in [3.63, 3.8) is 0 Å². The lowest BCUT2D eigenvalue weighted by Gasteiger charge is -2.30. The molecule has 0 spiro atoms. The van der Waals surface area contributed by atoms with Crippen LogP contribution >= 0.6 is 0 Å². The number of rotatable bonds is 4. The third-order valence-electron chi connectivity index (χ3n) is 3.77. The van der Waals surface area contributed by atoms with Gasteiger partial charge in [0, 0.05) is 12.2 Å². The first kappa shape index (κ1) is 15.4. The second-order valence-corrected chi connectivity index (χ2v) is 5.52.